The average Bonchev–Trinajstić information content (AvgIpc) is 3.17. The van der Waals surface area contributed by atoms with Gasteiger partial charge in [0, 0.05) is 0 Å². The van der Waals surface area contributed by atoms with Gasteiger partial charge >= 0.3 is 0 Å². The molecule has 188 valence electrons. The van der Waals surface area contributed by atoms with E-state index in [1.807, 2.05) is 55.4 Å². The highest BCUT2D eigenvalue weighted by atomic mass is 16.8. The first-order valence-corrected chi connectivity index (χ1v) is 12.0. The van der Waals surface area contributed by atoms with Crippen molar-refractivity contribution in [1.29, 1.82) is 0 Å². The van der Waals surface area contributed by atoms with Crippen LogP contribution < -0.4 is 0 Å². The summed E-state index contributed by atoms with van der Waals surface area (Å²) in [5, 5.41) is 20.3. The average molecular weight is 461 g/mol. The van der Waals surface area contributed by atoms with Gasteiger partial charge in [-0.2, -0.15) is 0 Å². The van der Waals surface area contributed by atoms with Crippen LogP contribution in [0.15, 0.2) is 0 Å². The normalized spacial score (nSPS) is 47.1. The van der Waals surface area contributed by atoms with Crippen molar-refractivity contribution in [3.8, 4) is 0 Å². The van der Waals surface area contributed by atoms with Crippen molar-refractivity contribution in [2.24, 2.45) is 11.8 Å². The first kappa shape index (κ1) is 26.3. The summed E-state index contributed by atoms with van der Waals surface area (Å²) in [5.41, 5.74) is 0. The lowest BCUT2D eigenvalue weighted by atomic mass is 9.90. The second kappa shape index (κ2) is 9.38. The van der Waals surface area contributed by atoms with E-state index < -0.39 is 23.8 Å². The molecule has 4 fully saturated rings. The van der Waals surface area contributed by atoms with Crippen molar-refractivity contribution in [3.63, 3.8) is 0 Å². The molecule has 8 nitrogen and oxygen atoms in total. The van der Waals surface area contributed by atoms with Crippen LogP contribution in [-0.4, -0.2) is 82.8 Å². The molecule has 0 amide bonds. The molecule has 4 rings (SSSR count). The molecule has 0 aromatic heterocycles. The highest BCUT2D eigenvalue weighted by Crippen LogP contribution is 2.40. The Balaban J connectivity index is 0.000000181. The highest BCUT2D eigenvalue weighted by Gasteiger charge is 2.55. The van der Waals surface area contributed by atoms with E-state index in [1.165, 1.54) is 0 Å². The predicted molar refractivity (Wildman–Crippen MR) is 118 cm³/mol. The summed E-state index contributed by atoms with van der Waals surface area (Å²) >= 11 is 0. The van der Waals surface area contributed by atoms with Crippen molar-refractivity contribution >= 4 is 0 Å². The fraction of sp³-hybridized carbons (Fsp3) is 1.00. The Morgan fingerprint density at radius 2 is 0.969 bits per heavy atom. The number of hydrogen-bond acceptors (Lipinski definition) is 8. The zero-order valence-electron chi connectivity index (χ0n) is 21.3. The first-order valence-electron chi connectivity index (χ1n) is 12.0. The van der Waals surface area contributed by atoms with Crippen LogP contribution in [-0.2, 0) is 28.4 Å². The Morgan fingerprint density at radius 3 is 1.47 bits per heavy atom. The first-order chi connectivity index (χ1) is 14.6. The molecule has 10 atom stereocenters. The molecule has 0 saturated carbocycles. The van der Waals surface area contributed by atoms with Crippen LogP contribution in [0.1, 0.15) is 69.2 Å². The fourth-order valence-corrected chi connectivity index (χ4v) is 5.13. The second-order valence-corrected chi connectivity index (χ2v) is 11.2. The summed E-state index contributed by atoms with van der Waals surface area (Å²) in [7, 11) is 0. The number of hydrogen-bond donors (Lipinski definition) is 2. The van der Waals surface area contributed by atoms with Gasteiger partial charge in [-0.25, -0.2) is 0 Å². The van der Waals surface area contributed by atoms with Crippen LogP contribution >= 0.6 is 0 Å². The third-order valence-corrected chi connectivity index (χ3v) is 6.66. The third-order valence-electron chi connectivity index (χ3n) is 6.66. The van der Waals surface area contributed by atoms with Crippen molar-refractivity contribution in [3.05, 3.63) is 0 Å². The topological polar surface area (TPSA) is 95.8 Å². The molecule has 10 unspecified atom stereocenters. The van der Waals surface area contributed by atoms with Gasteiger partial charge in [0.25, 0.3) is 0 Å². The maximum atomic E-state index is 10.2. The molecular weight excluding hydrogens is 416 g/mol. The molecule has 32 heavy (non-hydrogen) atoms. The Morgan fingerprint density at radius 1 is 0.562 bits per heavy atom. The summed E-state index contributed by atoms with van der Waals surface area (Å²) in [6, 6.07) is 0. The predicted octanol–water partition coefficient (Wildman–Crippen LogP) is 2.62. The van der Waals surface area contributed by atoms with Gasteiger partial charge in [-0.15, -0.1) is 0 Å². The Hall–Kier alpha value is -0.320. The van der Waals surface area contributed by atoms with E-state index in [2.05, 4.69) is 13.8 Å². The summed E-state index contributed by atoms with van der Waals surface area (Å²) in [6.45, 7) is 19.6. The van der Waals surface area contributed by atoms with E-state index in [0.717, 1.165) is 0 Å². The van der Waals surface area contributed by atoms with Gasteiger partial charge in [0.15, 0.2) is 11.6 Å². The van der Waals surface area contributed by atoms with Gasteiger partial charge in [0.05, 0.1) is 24.4 Å². The SMILES string of the molecule is CC(C)C1OC(C)C(O)C2OC(C)(C)OC12.CC(C)C1OC(C)C2OC(C)(C)OC2C1O. The summed E-state index contributed by atoms with van der Waals surface area (Å²) in [5.74, 6) is -0.637. The van der Waals surface area contributed by atoms with Crippen molar-refractivity contribution in [2.45, 2.75) is 142 Å². The molecule has 0 aromatic rings. The summed E-state index contributed by atoms with van der Waals surface area (Å²) < 4.78 is 34.7. The lowest BCUT2D eigenvalue weighted by molar-refractivity contribution is -0.193. The molecule has 4 aliphatic rings. The minimum Gasteiger partial charge on any atom is -0.388 e. The van der Waals surface area contributed by atoms with Gasteiger partial charge in [-0.3, -0.25) is 0 Å². The minimum atomic E-state index is -0.628. The zero-order chi connectivity index (χ0) is 24.2. The lowest BCUT2D eigenvalue weighted by Gasteiger charge is -2.40. The second-order valence-electron chi connectivity index (χ2n) is 11.2. The van der Waals surface area contributed by atoms with E-state index in [-0.39, 0.29) is 54.7 Å². The minimum absolute atomic E-state index is 0.00910. The van der Waals surface area contributed by atoms with Crippen LogP contribution in [0.5, 0.6) is 0 Å². The molecule has 4 heterocycles. The molecule has 4 aliphatic heterocycles. The van der Waals surface area contributed by atoms with Gasteiger partial charge < -0.3 is 38.6 Å². The summed E-state index contributed by atoms with van der Waals surface area (Å²) in [4.78, 5) is 0. The number of rotatable bonds is 2. The molecule has 4 saturated heterocycles. The van der Waals surface area contributed by atoms with Gasteiger partial charge in [-0.05, 0) is 53.4 Å². The van der Waals surface area contributed by atoms with E-state index in [9.17, 15) is 10.2 Å². The zero-order valence-corrected chi connectivity index (χ0v) is 21.3. The Kier molecular flexibility index (Phi) is 7.70. The molecule has 0 bridgehead atoms. The molecule has 2 N–H and O–H groups in total. The van der Waals surface area contributed by atoms with Crippen LogP contribution in [0.4, 0.5) is 0 Å². The number of ether oxygens (including phenoxy) is 6. The monoisotopic (exact) mass is 460 g/mol. The maximum Gasteiger partial charge on any atom is 0.164 e. The van der Waals surface area contributed by atoms with E-state index in [4.69, 9.17) is 28.4 Å². The molecule has 0 spiro atoms. The number of aliphatic hydroxyl groups is 2. The van der Waals surface area contributed by atoms with Crippen molar-refractivity contribution in [1.82, 2.24) is 0 Å². The van der Waals surface area contributed by atoms with E-state index >= 15 is 0 Å². The van der Waals surface area contributed by atoms with Crippen LogP contribution in [0.25, 0.3) is 0 Å². The lowest BCUT2D eigenvalue weighted by Crippen LogP contribution is -2.56. The van der Waals surface area contributed by atoms with E-state index in [0.29, 0.717) is 5.92 Å². The number of aliphatic hydroxyl groups excluding tert-OH is 2. The van der Waals surface area contributed by atoms with Gasteiger partial charge in [-0.1, -0.05) is 27.7 Å². The molecule has 0 radical (unpaired) electrons. The quantitative estimate of drug-likeness (QED) is 0.649. The van der Waals surface area contributed by atoms with Gasteiger partial charge in [0.2, 0.25) is 0 Å². The van der Waals surface area contributed by atoms with Crippen LogP contribution in [0.2, 0.25) is 0 Å². The standard InChI is InChI=1S/2C12H22O4/c1-6(2)9-8(13)11-10(7(3)14-9)15-12(4,5)16-11;1-6(2)9-11-10(8(13)7(3)14-9)15-12(4,5)16-11/h2*6-11,13H,1-5H3. The fourth-order valence-electron chi connectivity index (χ4n) is 5.13. The smallest absolute Gasteiger partial charge is 0.164 e. The highest BCUT2D eigenvalue weighted by molar-refractivity contribution is 4.99. The third kappa shape index (κ3) is 5.33. The Labute approximate surface area is 192 Å². The van der Waals surface area contributed by atoms with Gasteiger partial charge in [0.1, 0.15) is 36.6 Å². The molecular formula is C24H44O8. The number of fused-ring (bicyclic) bond motifs is 2. The molecule has 0 aliphatic carbocycles. The maximum absolute atomic E-state index is 10.2. The van der Waals surface area contributed by atoms with Crippen LogP contribution in [0, 0.1) is 11.8 Å². The largest absolute Gasteiger partial charge is 0.388 e. The summed E-state index contributed by atoms with van der Waals surface area (Å²) in [6.07, 6.45) is -2.52. The van der Waals surface area contributed by atoms with E-state index in [1.54, 1.807) is 0 Å². The van der Waals surface area contributed by atoms with Crippen LogP contribution in [0.3, 0.4) is 0 Å². The van der Waals surface area contributed by atoms with Crippen molar-refractivity contribution < 1.29 is 38.6 Å². The Bertz CT molecular complexity index is 635. The van der Waals surface area contributed by atoms with Crippen molar-refractivity contribution in [2.75, 3.05) is 0 Å². The molecule has 8 heteroatoms. The molecule has 0 aromatic carbocycles.